The van der Waals surface area contributed by atoms with Crippen LogP contribution in [0.2, 0.25) is 0 Å². The van der Waals surface area contributed by atoms with E-state index in [1.165, 1.54) is 18.2 Å². The third kappa shape index (κ3) is 5.54. The maximum absolute atomic E-state index is 12.6. The van der Waals surface area contributed by atoms with Crippen LogP contribution in [0.5, 0.6) is 0 Å². The summed E-state index contributed by atoms with van der Waals surface area (Å²) >= 11 is 0. The van der Waals surface area contributed by atoms with E-state index in [0.29, 0.717) is 5.92 Å². The van der Waals surface area contributed by atoms with Gasteiger partial charge >= 0.3 is 0 Å². The van der Waals surface area contributed by atoms with Gasteiger partial charge in [-0.15, -0.1) is 0 Å². The largest absolute Gasteiger partial charge is 0.349 e. The molecular weight excluding hydrogens is 362 g/mol. The van der Waals surface area contributed by atoms with Gasteiger partial charge in [0.05, 0.1) is 22.0 Å². The summed E-state index contributed by atoms with van der Waals surface area (Å²) in [6, 6.07) is 5.92. The number of amides is 1. The van der Waals surface area contributed by atoms with E-state index in [4.69, 9.17) is 0 Å². The molecule has 2 rings (SSSR count). The summed E-state index contributed by atoms with van der Waals surface area (Å²) in [7, 11) is -7.27. The lowest BCUT2D eigenvalue weighted by Crippen LogP contribution is -2.37. The molecule has 0 radical (unpaired) electrons. The van der Waals surface area contributed by atoms with Gasteiger partial charge in [-0.3, -0.25) is 4.79 Å². The Labute approximate surface area is 149 Å². The summed E-state index contributed by atoms with van der Waals surface area (Å²) < 4.78 is 47.6. The lowest BCUT2D eigenvalue weighted by Gasteiger charge is -2.21. The molecule has 0 spiro atoms. The van der Waals surface area contributed by atoms with E-state index in [0.717, 1.165) is 31.9 Å². The molecule has 6 nitrogen and oxygen atoms in total. The predicted octanol–water partition coefficient (Wildman–Crippen LogP) is 1.81. The molecule has 1 unspecified atom stereocenters. The fraction of sp³-hybridized carbons (Fsp3) is 0.588. The van der Waals surface area contributed by atoms with Crippen molar-refractivity contribution in [3.63, 3.8) is 0 Å². The van der Waals surface area contributed by atoms with Gasteiger partial charge in [-0.2, -0.15) is 0 Å². The highest BCUT2D eigenvalue weighted by atomic mass is 32.2. The van der Waals surface area contributed by atoms with Crippen LogP contribution in [-0.2, 0) is 19.7 Å². The van der Waals surface area contributed by atoms with Gasteiger partial charge in [0.25, 0.3) is 5.91 Å². The first-order chi connectivity index (χ1) is 11.6. The van der Waals surface area contributed by atoms with Gasteiger partial charge in [0.1, 0.15) is 9.84 Å². The zero-order valence-corrected chi connectivity index (χ0v) is 16.2. The molecule has 1 fully saturated rings. The minimum Gasteiger partial charge on any atom is -0.349 e. The van der Waals surface area contributed by atoms with Crippen LogP contribution >= 0.6 is 0 Å². The third-order valence-electron chi connectivity index (χ3n) is 4.66. The molecule has 0 aromatic heterocycles. The highest BCUT2D eigenvalue weighted by Gasteiger charge is 2.27. The Morgan fingerprint density at radius 1 is 1.12 bits per heavy atom. The molecule has 0 saturated heterocycles. The van der Waals surface area contributed by atoms with Crippen LogP contribution in [0.25, 0.3) is 0 Å². The Balaban J connectivity index is 2.20. The van der Waals surface area contributed by atoms with Crippen LogP contribution in [0.4, 0.5) is 0 Å². The lowest BCUT2D eigenvalue weighted by atomic mass is 9.99. The molecule has 1 aliphatic rings. The van der Waals surface area contributed by atoms with E-state index in [-0.39, 0.29) is 16.5 Å². The average molecular weight is 388 g/mol. The Bertz CT molecular complexity index is 824. The van der Waals surface area contributed by atoms with Crippen molar-refractivity contribution in [1.82, 2.24) is 5.32 Å². The fourth-order valence-corrected chi connectivity index (χ4v) is 6.25. The second-order valence-corrected chi connectivity index (χ2v) is 11.1. The van der Waals surface area contributed by atoms with Crippen molar-refractivity contribution in [1.29, 1.82) is 0 Å². The SMILES string of the molecule is CC(NC(=O)c1ccccc1S(=O)(=O)CCS(C)(=O)=O)C1CCCC1. The van der Waals surface area contributed by atoms with Crippen LogP contribution in [0.3, 0.4) is 0 Å². The fourth-order valence-electron chi connectivity index (χ4n) is 3.16. The highest BCUT2D eigenvalue weighted by molar-refractivity contribution is 7.94. The minimum absolute atomic E-state index is 0.0261. The minimum atomic E-state index is -3.86. The number of carbonyl (C=O) groups is 1. The zero-order valence-electron chi connectivity index (χ0n) is 14.6. The Hall–Kier alpha value is -1.41. The van der Waals surface area contributed by atoms with Gasteiger partial charge in [0, 0.05) is 12.3 Å². The van der Waals surface area contributed by atoms with E-state index >= 15 is 0 Å². The van der Waals surface area contributed by atoms with E-state index in [1.54, 1.807) is 6.07 Å². The highest BCUT2D eigenvalue weighted by Crippen LogP contribution is 2.28. The van der Waals surface area contributed by atoms with Crippen molar-refractivity contribution in [3.8, 4) is 0 Å². The summed E-state index contributed by atoms with van der Waals surface area (Å²) in [4.78, 5) is 12.5. The van der Waals surface area contributed by atoms with Crippen LogP contribution in [-0.4, -0.2) is 46.5 Å². The van der Waals surface area contributed by atoms with Gasteiger partial charge in [-0.1, -0.05) is 25.0 Å². The van der Waals surface area contributed by atoms with Gasteiger partial charge in [-0.25, -0.2) is 16.8 Å². The zero-order chi connectivity index (χ0) is 18.7. The van der Waals surface area contributed by atoms with Gasteiger partial charge in [0.2, 0.25) is 0 Å². The van der Waals surface area contributed by atoms with Crippen molar-refractivity contribution in [2.24, 2.45) is 5.92 Å². The number of carbonyl (C=O) groups excluding carboxylic acids is 1. The quantitative estimate of drug-likeness (QED) is 0.769. The van der Waals surface area contributed by atoms with Crippen LogP contribution in [0.15, 0.2) is 29.2 Å². The molecule has 0 heterocycles. The molecule has 0 bridgehead atoms. The van der Waals surface area contributed by atoms with E-state index in [2.05, 4.69) is 5.32 Å². The van der Waals surface area contributed by atoms with E-state index in [1.807, 2.05) is 6.92 Å². The Kier molecular flexibility index (Phi) is 6.26. The first kappa shape index (κ1) is 19.9. The second kappa shape index (κ2) is 7.86. The molecule has 1 aliphatic carbocycles. The normalized spacial score (nSPS) is 17.4. The number of hydrogen-bond acceptors (Lipinski definition) is 5. The molecule has 140 valence electrons. The number of nitrogens with one attached hydrogen (secondary N) is 1. The Morgan fingerprint density at radius 3 is 2.32 bits per heavy atom. The maximum atomic E-state index is 12.6. The molecule has 1 aromatic rings. The van der Waals surface area contributed by atoms with Crippen LogP contribution in [0, 0.1) is 5.92 Å². The van der Waals surface area contributed by atoms with Crippen molar-refractivity contribution in [3.05, 3.63) is 29.8 Å². The molecule has 1 atom stereocenters. The maximum Gasteiger partial charge on any atom is 0.252 e. The summed E-state index contributed by atoms with van der Waals surface area (Å²) in [5, 5.41) is 2.90. The molecule has 1 aromatic carbocycles. The van der Waals surface area contributed by atoms with Crippen LogP contribution < -0.4 is 5.32 Å². The van der Waals surface area contributed by atoms with Crippen molar-refractivity contribution < 1.29 is 21.6 Å². The first-order valence-corrected chi connectivity index (χ1v) is 12.1. The topological polar surface area (TPSA) is 97.4 Å². The molecule has 1 saturated carbocycles. The Morgan fingerprint density at radius 2 is 1.72 bits per heavy atom. The summed E-state index contributed by atoms with van der Waals surface area (Å²) in [6.45, 7) is 1.94. The number of hydrogen-bond donors (Lipinski definition) is 1. The summed E-state index contributed by atoms with van der Waals surface area (Å²) in [5.74, 6) is -1.02. The molecule has 1 N–H and O–H groups in total. The smallest absolute Gasteiger partial charge is 0.252 e. The van der Waals surface area contributed by atoms with Crippen molar-refractivity contribution in [2.75, 3.05) is 17.8 Å². The van der Waals surface area contributed by atoms with Gasteiger partial charge in [-0.05, 0) is 37.8 Å². The molecule has 1 amide bonds. The van der Waals surface area contributed by atoms with Crippen LogP contribution in [0.1, 0.15) is 43.0 Å². The monoisotopic (exact) mass is 387 g/mol. The number of sulfone groups is 2. The lowest BCUT2D eigenvalue weighted by molar-refractivity contribution is 0.0924. The van der Waals surface area contributed by atoms with Gasteiger partial charge < -0.3 is 5.32 Å². The summed E-state index contributed by atoms with van der Waals surface area (Å²) in [6.07, 6.45) is 5.43. The molecule has 0 aliphatic heterocycles. The molecular formula is C17H25NO5S2. The molecule has 8 heteroatoms. The second-order valence-electron chi connectivity index (χ2n) is 6.75. The number of benzene rings is 1. The first-order valence-electron chi connectivity index (χ1n) is 8.40. The summed E-state index contributed by atoms with van der Waals surface area (Å²) in [5.41, 5.74) is 0.0702. The predicted molar refractivity (Wildman–Crippen MR) is 97.1 cm³/mol. The number of rotatable bonds is 7. The third-order valence-corrected chi connectivity index (χ3v) is 7.63. The standard InChI is InChI=1S/C17H25NO5S2/c1-13(14-7-3-4-8-14)18-17(19)15-9-5-6-10-16(15)25(22,23)12-11-24(2,20)21/h5-6,9-10,13-14H,3-4,7-8,11-12H2,1-2H3,(H,18,19). The average Bonchev–Trinajstić information content (AvgIpc) is 3.07. The van der Waals surface area contributed by atoms with E-state index in [9.17, 15) is 21.6 Å². The van der Waals surface area contributed by atoms with Crippen molar-refractivity contribution >= 4 is 25.6 Å². The van der Waals surface area contributed by atoms with Crippen molar-refractivity contribution in [2.45, 2.75) is 43.5 Å². The molecule has 25 heavy (non-hydrogen) atoms. The van der Waals surface area contributed by atoms with Gasteiger partial charge in [0.15, 0.2) is 9.84 Å². The van der Waals surface area contributed by atoms with E-state index < -0.39 is 37.1 Å².